The van der Waals surface area contributed by atoms with Gasteiger partial charge in [0.05, 0.1) is 23.6 Å². The molecule has 13 heteroatoms. The Morgan fingerprint density at radius 1 is 1.23 bits per heavy atom. The number of amides is 1. The van der Waals surface area contributed by atoms with E-state index in [1.54, 1.807) is 14.1 Å². The fourth-order valence-corrected chi connectivity index (χ4v) is 6.49. The molecule has 1 aromatic carbocycles. The standard InChI is InChI=1S/C22H27N3O9S/c1-25(2)16-10-7-8-6-9-11(24-35(3,33)34)4-5-12(26)14(9)17(27)13(8)19(29)22(10,32)20(30)15(18(16)28)21(23)31/h4-5,8,10,15-16,18,24,26-28,32H,6-7H2,1-3H3,(H2,23,31)/t8-,10-,15?,16?,18?,22-/m0/s1. The van der Waals surface area contributed by atoms with Gasteiger partial charge in [0, 0.05) is 17.5 Å². The molecular weight excluding hydrogens is 482 g/mol. The average Bonchev–Trinajstić information content (AvgIpc) is 2.71. The monoisotopic (exact) mass is 509 g/mol. The van der Waals surface area contributed by atoms with Crippen molar-refractivity contribution in [2.24, 2.45) is 23.5 Å². The van der Waals surface area contributed by atoms with E-state index in [1.807, 2.05) is 0 Å². The highest BCUT2D eigenvalue weighted by atomic mass is 32.2. The lowest BCUT2D eigenvalue weighted by Gasteiger charge is -2.53. The summed E-state index contributed by atoms with van der Waals surface area (Å²) >= 11 is 0. The molecule has 2 saturated carbocycles. The van der Waals surface area contributed by atoms with Crippen LogP contribution in [-0.4, -0.2) is 89.3 Å². The predicted molar refractivity (Wildman–Crippen MR) is 123 cm³/mol. The van der Waals surface area contributed by atoms with Crippen LogP contribution in [0.1, 0.15) is 17.5 Å². The van der Waals surface area contributed by atoms with Crippen molar-refractivity contribution in [2.75, 3.05) is 25.1 Å². The molecule has 1 amide bonds. The first-order chi connectivity index (χ1) is 16.1. The van der Waals surface area contributed by atoms with Gasteiger partial charge in [0.25, 0.3) is 0 Å². The third kappa shape index (κ3) is 3.61. The molecule has 3 unspecified atom stereocenters. The molecule has 0 aromatic heterocycles. The number of likely N-dealkylation sites (N-methyl/N-ethyl adjacent to an activating group) is 1. The number of sulfonamides is 1. The number of nitrogens with two attached hydrogens (primary N) is 1. The van der Waals surface area contributed by atoms with Gasteiger partial charge in [0.1, 0.15) is 17.4 Å². The Morgan fingerprint density at radius 2 is 1.86 bits per heavy atom. The smallest absolute Gasteiger partial charge is 0.230 e. The number of ketones is 2. The van der Waals surface area contributed by atoms with Crippen LogP contribution in [0.4, 0.5) is 5.69 Å². The van der Waals surface area contributed by atoms with Gasteiger partial charge < -0.3 is 31.1 Å². The van der Waals surface area contributed by atoms with Gasteiger partial charge in [-0.15, -0.1) is 0 Å². The number of benzene rings is 1. The van der Waals surface area contributed by atoms with Crippen LogP contribution >= 0.6 is 0 Å². The van der Waals surface area contributed by atoms with E-state index in [1.165, 1.54) is 11.0 Å². The van der Waals surface area contributed by atoms with Crippen LogP contribution in [0.2, 0.25) is 0 Å². The number of fused-ring (bicyclic) bond motifs is 3. The molecule has 1 aromatic rings. The van der Waals surface area contributed by atoms with Crippen molar-refractivity contribution in [2.45, 2.75) is 30.6 Å². The number of nitrogens with zero attached hydrogens (tertiary/aromatic N) is 1. The van der Waals surface area contributed by atoms with Crippen molar-refractivity contribution >= 4 is 38.9 Å². The number of nitrogens with one attached hydrogen (secondary N) is 1. The second-order valence-corrected chi connectivity index (χ2v) is 11.4. The minimum atomic E-state index is -3.72. The number of carbonyl (C=O) groups is 3. The molecule has 4 rings (SSSR count). The summed E-state index contributed by atoms with van der Waals surface area (Å²) in [5.74, 6) is -8.50. The highest BCUT2D eigenvalue weighted by Gasteiger charge is 2.67. The average molecular weight is 510 g/mol. The van der Waals surface area contributed by atoms with Gasteiger partial charge in [-0.1, -0.05) is 0 Å². The molecule has 3 aliphatic rings. The van der Waals surface area contributed by atoms with Crippen LogP contribution < -0.4 is 10.5 Å². The number of phenolic OH excluding ortho intramolecular Hbond substituents is 1. The number of anilines is 1. The maximum Gasteiger partial charge on any atom is 0.230 e. The molecule has 3 aliphatic carbocycles. The van der Waals surface area contributed by atoms with Gasteiger partial charge in [0.2, 0.25) is 21.7 Å². The number of aromatic hydroxyl groups is 1. The van der Waals surface area contributed by atoms with Crippen LogP contribution in [0.15, 0.2) is 17.7 Å². The van der Waals surface area contributed by atoms with Crippen LogP contribution in [0, 0.1) is 17.8 Å². The fraction of sp³-hybridized carbons (Fsp3) is 0.500. The molecule has 6 atom stereocenters. The summed E-state index contributed by atoms with van der Waals surface area (Å²) in [6.45, 7) is 0. The van der Waals surface area contributed by atoms with Crippen molar-refractivity contribution < 1.29 is 43.2 Å². The van der Waals surface area contributed by atoms with Gasteiger partial charge in [-0.2, -0.15) is 0 Å². The van der Waals surface area contributed by atoms with Gasteiger partial charge in [-0.3, -0.25) is 19.1 Å². The van der Waals surface area contributed by atoms with Crippen molar-refractivity contribution in [3.63, 3.8) is 0 Å². The number of hydrogen-bond acceptors (Lipinski definition) is 10. The maximum atomic E-state index is 13.7. The lowest BCUT2D eigenvalue weighted by Crippen LogP contribution is -2.73. The van der Waals surface area contributed by atoms with E-state index >= 15 is 0 Å². The number of hydrogen-bond donors (Lipinski definition) is 6. The topological polar surface area (TPSA) is 208 Å². The molecule has 0 spiro atoms. The Bertz CT molecular complexity index is 1290. The molecule has 0 aliphatic heterocycles. The third-order valence-electron chi connectivity index (χ3n) is 7.27. The largest absolute Gasteiger partial charge is 0.507 e. The zero-order valence-corrected chi connectivity index (χ0v) is 20.0. The first kappa shape index (κ1) is 25.1. The van der Waals surface area contributed by atoms with Gasteiger partial charge in [-0.05, 0) is 50.6 Å². The van der Waals surface area contributed by atoms with Gasteiger partial charge in [-0.25, -0.2) is 8.42 Å². The van der Waals surface area contributed by atoms with Crippen LogP contribution in [0.5, 0.6) is 5.75 Å². The van der Waals surface area contributed by atoms with Gasteiger partial charge in [0.15, 0.2) is 11.4 Å². The molecule has 0 bridgehead atoms. The highest BCUT2D eigenvalue weighted by molar-refractivity contribution is 7.92. The van der Waals surface area contributed by atoms with Crippen molar-refractivity contribution in [1.29, 1.82) is 0 Å². The zero-order chi connectivity index (χ0) is 26.2. The first-order valence-corrected chi connectivity index (χ1v) is 12.7. The lowest BCUT2D eigenvalue weighted by molar-refractivity contribution is -0.184. The number of aliphatic hydroxyl groups excluding tert-OH is 2. The summed E-state index contributed by atoms with van der Waals surface area (Å²) < 4.78 is 26.0. The van der Waals surface area contributed by atoms with E-state index in [2.05, 4.69) is 4.72 Å². The Hall–Kier alpha value is -3.00. The number of rotatable bonds is 4. The quantitative estimate of drug-likeness (QED) is 0.204. The molecular formula is C22H27N3O9S. The summed E-state index contributed by atoms with van der Waals surface area (Å²) in [5.41, 5.74) is 2.41. The molecule has 12 nitrogen and oxygen atoms in total. The minimum absolute atomic E-state index is 0.0109. The summed E-state index contributed by atoms with van der Waals surface area (Å²) in [7, 11) is -0.616. The number of Topliss-reactive ketones (excluding diaryl/α,β-unsaturated/α-hetero) is 2. The van der Waals surface area contributed by atoms with Crippen LogP contribution in [0.25, 0.3) is 5.76 Å². The maximum absolute atomic E-state index is 13.7. The molecule has 190 valence electrons. The van der Waals surface area contributed by atoms with Crippen molar-refractivity contribution in [3.05, 3.63) is 28.8 Å². The van der Waals surface area contributed by atoms with Crippen LogP contribution in [0.3, 0.4) is 0 Å². The lowest BCUT2D eigenvalue weighted by atomic mass is 9.54. The number of carbonyl (C=O) groups excluding carboxylic acids is 3. The van der Waals surface area contributed by atoms with E-state index < -0.39 is 74.5 Å². The Balaban J connectivity index is 1.93. The molecule has 7 N–H and O–H groups in total. The van der Waals surface area contributed by atoms with Crippen LogP contribution in [-0.2, 0) is 30.8 Å². The molecule has 0 heterocycles. The number of aliphatic hydroxyl groups is 3. The third-order valence-corrected chi connectivity index (χ3v) is 7.86. The summed E-state index contributed by atoms with van der Waals surface area (Å²) in [5, 5.41) is 43.9. The van der Waals surface area contributed by atoms with E-state index in [9.17, 15) is 43.2 Å². The van der Waals surface area contributed by atoms with Gasteiger partial charge >= 0.3 is 0 Å². The van der Waals surface area contributed by atoms with E-state index in [0.717, 1.165) is 12.3 Å². The second kappa shape index (κ2) is 8.01. The Labute approximate surface area is 201 Å². The fourth-order valence-electron chi connectivity index (χ4n) is 5.90. The van der Waals surface area contributed by atoms with E-state index in [0.29, 0.717) is 0 Å². The van der Waals surface area contributed by atoms with E-state index in [-0.39, 0.29) is 35.2 Å². The number of phenols is 1. The summed E-state index contributed by atoms with van der Waals surface area (Å²) in [6, 6.07) is 1.45. The summed E-state index contributed by atoms with van der Waals surface area (Å²) in [6.07, 6.45) is -0.726. The Kier molecular flexibility index (Phi) is 5.75. The molecule has 35 heavy (non-hydrogen) atoms. The minimum Gasteiger partial charge on any atom is -0.507 e. The SMILES string of the molecule is CN(C)C1C(O)C(C(N)=O)C(=O)[C@@]2(O)C(=O)C3=C(O)c4c(O)ccc(NS(C)(=O)=O)c4C[C@H]3C[C@@H]12. The molecule has 0 saturated heterocycles. The summed E-state index contributed by atoms with van der Waals surface area (Å²) in [4.78, 5) is 40.4. The van der Waals surface area contributed by atoms with Crippen molar-refractivity contribution in [1.82, 2.24) is 4.90 Å². The molecule has 2 fully saturated rings. The first-order valence-electron chi connectivity index (χ1n) is 10.8. The Morgan fingerprint density at radius 3 is 2.40 bits per heavy atom. The predicted octanol–water partition coefficient (Wildman–Crippen LogP) is -1.50. The number of primary amides is 1. The highest BCUT2D eigenvalue weighted by Crippen LogP contribution is 2.53. The second-order valence-electron chi connectivity index (χ2n) is 9.65. The zero-order valence-electron chi connectivity index (χ0n) is 19.2. The molecule has 0 radical (unpaired) electrons. The van der Waals surface area contributed by atoms with Crippen molar-refractivity contribution in [3.8, 4) is 5.75 Å². The normalized spacial score (nSPS) is 32.7. The van der Waals surface area contributed by atoms with E-state index in [4.69, 9.17) is 5.73 Å².